The molecule has 3 aromatic rings. The van der Waals surface area contributed by atoms with Gasteiger partial charge in [0.2, 0.25) is 0 Å². The summed E-state index contributed by atoms with van der Waals surface area (Å²) in [7, 11) is 1.81. The Balaban J connectivity index is 1.46. The predicted molar refractivity (Wildman–Crippen MR) is 117 cm³/mol. The molecule has 0 bridgehead atoms. The van der Waals surface area contributed by atoms with Crippen LogP contribution in [0.25, 0.3) is 22.4 Å². The molecule has 1 saturated carbocycles. The maximum atomic E-state index is 5.92. The van der Waals surface area contributed by atoms with Gasteiger partial charge in [-0.3, -0.25) is 0 Å². The number of rotatable bonds is 5. The van der Waals surface area contributed by atoms with Crippen LogP contribution in [-0.4, -0.2) is 53.5 Å². The van der Waals surface area contributed by atoms with E-state index in [-0.39, 0.29) is 6.10 Å². The number of benzene rings is 1. The van der Waals surface area contributed by atoms with Crippen molar-refractivity contribution in [1.82, 2.24) is 20.4 Å². The molecule has 3 heterocycles. The number of methoxy groups -OCH3 is 1. The van der Waals surface area contributed by atoms with Gasteiger partial charge in [-0.05, 0) is 38.3 Å². The minimum absolute atomic E-state index is 0.116. The normalized spacial score (nSPS) is 22.8. The van der Waals surface area contributed by atoms with Crippen LogP contribution in [0.1, 0.15) is 37.9 Å². The van der Waals surface area contributed by atoms with E-state index < -0.39 is 0 Å². The lowest BCUT2D eigenvalue weighted by atomic mass is 9.99. The Bertz CT molecular complexity index is 1010. The quantitative estimate of drug-likeness (QED) is 0.691. The van der Waals surface area contributed by atoms with E-state index in [0.29, 0.717) is 23.8 Å². The van der Waals surface area contributed by atoms with Crippen molar-refractivity contribution < 1.29 is 9.26 Å². The molecule has 0 spiro atoms. The van der Waals surface area contributed by atoms with Gasteiger partial charge >= 0.3 is 0 Å². The number of nitrogens with zero attached hydrogens (tertiary/aromatic N) is 4. The third-order valence-corrected chi connectivity index (χ3v) is 6.43. The predicted octanol–water partition coefficient (Wildman–Crippen LogP) is 3.72. The number of piperidine rings is 1. The summed E-state index contributed by atoms with van der Waals surface area (Å²) >= 11 is 0. The number of pyridine rings is 1. The highest BCUT2D eigenvalue weighted by atomic mass is 16.5. The molecule has 0 amide bonds. The smallest absolute Gasteiger partial charge is 0.261 e. The minimum atomic E-state index is 0.116. The largest absolute Gasteiger partial charge is 0.378 e. The van der Waals surface area contributed by atoms with Gasteiger partial charge in [0.1, 0.15) is 5.82 Å². The number of fused-ring (bicyclic) bond motifs is 1. The third-order valence-electron chi connectivity index (χ3n) is 6.43. The van der Waals surface area contributed by atoms with Crippen LogP contribution in [-0.2, 0) is 4.74 Å². The van der Waals surface area contributed by atoms with Gasteiger partial charge in [-0.2, -0.15) is 4.98 Å². The van der Waals surface area contributed by atoms with Crippen molar-refractivity contribution >= 4 is 16.7 Å². The SMILES string of the molecule is COC1CN(c2nc3ccccc3cc2-c2nc(C)no2)CCC1NC1CCCC1. The lowest BCUT2D eigenvalue weighted by Gasteiger charge is -2.40. The Labute approximate surface area is 176 Å². The zero-order valence-electron chi connectivity index (χ0n) is 17.7. The van der Waals surface area contributed by atoms with Crippen LogP contribution < -0.4 is 10.2 Å². The fourth-order valence-electron chi connectivity index (χ4n) is 4.84. The molecule has 1 saturated heterocycles. The number of nitrogens with one attached hydrogen (secondary N) is 1. The van der Waals surface area contributed by atoms with E-state index >= 15 is 0 Å². The van der Waals surface area contributed by atoms with Crippen LogP contribution in [0.5, 0.6) is 0 Å². The van der Waals surface area contributed by atoms with Crippen LogP contribution in [0, 0.1) is 6.92 Å². The molecule has 7 heteroatoms. The molecule has 158 valence electrons. The van der Waals surface area contributed by atoms with E-state index in [9.17, 15) is 0 Å². The average Bonchev–Trinajstić information content (AvgIpc) is 3.45. The molecule has 2 aliphatic rings. The lowest BCUT2D eigenvalue weighted by Crippen LogP contribution is -2.55. The number of hydrogen-bond donors (Lipinski definition) is 1. The third kappa shape index (κ3) is 3.79. The summed E-state index contributed by atoms with van der Waals surface area (Å²) in [4.78, 5) is 11.8. The van der Waals surface area contributed by atoms with Gasteiger partial charge in [-0.1, -0.05) is 36.2 Å². The Kier molecular flexibility index (Phi) is 5.39. The van der Waals surface area contributed by atoms with Gasteiger partial charge in [0.05, 0.1) is 17.2 Å². The van der Waals surface area contributed by atoms with Crippen LogP contribution in [0.15, 0.2) is 34.9 Å². The van der Waals surface area contributed by atoms with Crippen molar-refractivity contribution in [3.8, 4) is 11.5 Å². The van der Waals surface area contributed by atoms with Gasteiger partial charge in [-0.25, -0.2) is 4.98 Å². The topological polar surface area (TPSA) is 76.3 Å². The van der Waals surface area contributed by atoms with Crippen molar-refractivity contribution in [1.29, 1.82) is 0 Å². The zero-order chi connectivity index (χ0) is 20.5. The summed E-state index contributed by atoms with van der Waals surface area (Å²) in [5.74, 6) is 2.03. The Morgan fingerprint density at radius 1 is 1.13 bits per heavy atom. The molecule has 1 N–H and O–H groups in total. The highest BCUT2D eigenvalue weighted by Crippen LogP contribution is 2.33. The second-order valence-corrected chi connectivity index (χ2v) is 8.46. The van der Waals surface area contributed by atoms with Gasteiger partial charge in [-0.15, -0.1) is 0 Å². The molecular formula is C23H29N5O2. The maximum absolute atomic E-state index is 5.92. The molecule has 1 aliphatic carbocycles. The molecular weight excluding hydrogens is 378 g/mol. The summed E-state index contributed by atoms with van der Waals surface area (Å²) in [5, 5.41) is 8.91. The first-order chi connectivity index (χ1) is 14.7. The summed E-state index contributed by atoms with van der Waals surface area (Å²) in [6.07, 6.45) is 6.37. The Morgan fingerprint density at radius 2 is 1.97 bits per heavy atom. The first-order valence-corrected chi connectivity index (χ1v) is 11.0. The Hall–Kier alpha value is -2.51. The molecule has 2 unspecified atom stereocenters. The van der Waals surface area contributed by atoms with Crippen molar-refractivity contribution in [2.75, 3.05) is 25.1 Å². The minimum Gasteiger partial charge on any atom is -0.378 e. The summed E-state index contributed by atoms with van der Waals surface area (Å²) in [6, 6.07) is 11.3. The molecule has 30 heavy (non-hydrogen) atoms. The Morgan fingerprint density at radius 3 is 2.73 bits per heavy atom. The number of hydrogen-bond acceptors (Lipinski definition) is 7. The van der Waals surface area contributed by atoms with Gasteiger partial charge < -0.3 is 19.5 Å². The van der Waals surface area contributed by atoms with Crippen molar-refractivity contribution in [2.45, 2.75) is 57.2 Å². The van der Waals surface area contributed by atoms with E-state index in [4.69, 9.17) is 14.2 Å². The lowest BCUT2D eigenvalue weighted by molar-refractivity contribution is 0.0558. The average molecular weight is 408 g/mol. The second-order valence-electron chi connectivity index (χ2n) is 8.46. The van der Waals surface area contributed by atoms with Crippen LogP contribution in [0.4, 0.5) is 5.82 Å². The van der Waals surface area contributed by atoms with Gasteiger partial charge in [0.25, 0.3) is 5.89 Å². The number of aryl methyl sites for hydroxylation is 1. The first kappa shape index (κ1) is 19.5. The van der Waals surface area contributed by atoms with Crippen molar-refractivity contribution in [2.24, 2.45) is 0 Å². The fraction of sp³-hybridized carbons (Fsp3) is 0.522. The standard InChI is InChI=1S/C23H29N5O2/c1-15-24-23(30-27-15)18-13-16-7-3-6-10-19(16)26-22(18)28-12-11-20(21(14-28)29-2)25-17-8-4-5-9-17/h3,6-7,10,13,17,20-21,25H,4-5,8-9,11-12,14H2,1-2H3. The molecule has 7 nitrogen and oxygen atoms in total. The highest BCUT2D eigenvalue weighted by molar-refractivity contribution is 5.87. The molecule has 2 fully saturated rings. The van der Waals surface area contributed by atoms with E-state index in [1.807, 2.05) is 32.2 Å². The van der Waals surface area contributed by atoms with E-state index in [1.165, 1.54) is 25.7 Å². The van der Waals surface area contributed by atoms with Crippen molar-refractivity contribution in [3.63, 3.8) is 0 Å². The van der Waals surface area contributed by atoms with Gasteiger partial charge in [0.15, 0.2) is 5.82 Å². The number of ether oxygens (including phenoxy) is 1. The monoisotopic (exact) mass is 407 g/mol. The molecule has 1 aromatic carbocycles. The number of anilines is 1. The van der Waals surface area contributed by atoms with E-state index in [0.717, 1.165) is 41.8 Å². The summed E-state index contributed by atoms with van der Waals surface area (Å²) < 4.78 is 11.4. The van der Waals surface area contributed by atoms with Crippen molar-refractivity contribution in [3.05, 3.63) is 36.2 Å². The second kappa shape index (κ2) is 8.32. The maximum Gasteiger partial charge on any atom is 0.261 e. The molecule has 1 aliphatic heterocycles. The highest BCUT2D eigenvalue weighted by Gasteiger charge is 2.33. The van der Waals surface area contributed by atoms with Crippen LogP contribution >= 0.6 is 0 Å². The molecule has 0 radical (unpaired) electrons. The fourth-order valence-corrected chi connectivity index (χ4v) is 4.84. The van der Waals surface area contributed by atoms with Crippen LogP contribution in [0.2, 0.25) is 0 Å². The van der Waals surface area contributed by atoms with Gasteiger partial charge in [0, 0.05) is 37.7 Å². The molecule has 2 atom stereocenters. The van der Waals surface area contributed by atoms with Crippen LogP contribution in [0.3, 0.4) is 0 Å². The first-order valence-electron chi connectivity index (χ1n) is 11.0. The summed E-state index contributed by atoms with van der Waals surface area (Å²) in [5.41, 5.74) is 1.85. The molecule has 5 rings (SSSR count). The van der Waals surface area contributed by atoms with E-state index in [1.54, 1.807) is 0 Å². The van der Waals surface area contributed by atoms with E-state index in [2.05, 4.69) is 32.5 Å². The summed E-state index contributed by atoms with van der Waals surface area (Å²) in [6.45, 7) is 3.53. The zero-order valence-corrected chi connectivity index (χ0v) is 17.7. The molecule has 2 aromatic heterocycles. The number of para-hydroxylation sites is 1. The number of aromatic nitrogens is 3.